The molecule has 0 saturated heterocycles. The molecule has 0 unspecified atom stereocenters. The van der Waals surface area contributed by atoms with Crippen molar-refractivity contribution in [2.24, 2.45) is 7.05 Å². The van der Waals surface area contributed by atoms with Gasteiger partial charge in [-0.2, -0.15) is 9.49 Å². The lowest BCUT2D eigenvalue weighted by molar-refractivity contribution is 0.0685. The summed E-state index contributed by atoms with van der Waals surface area (Å²) in [7, 11) is 1.56. The number of hydrogen-bond acceptors (Lipinski definition) is 4. The van der Waals surface area contributed by atoms with E-state index in [9.17, 15) is 9.18 Å². The monoisotopic (exact) mass is 255 g/mol. The number of halogens is 1. The summed E-state index contributed by atoms with van der Waals surface area (Å²) in [4.78, 5) is 11.6. The number of rotatable bonds is 4. The Morgan fingerprint density at radius 3 is 2.94 bits per heavy atom. The highest BCUT2D eigenvalue weighted by Gasteiger charge is 2.11. The molecular formula is C10H10FN3O2S. The van der Waals surface area contributed by atoms with Crippen molar-refractivity contribution in [1.82, 2.24) is 9.78 Å². The Morgan fingerprint density at radius 2 is 2.41 bits per heavy atom. The molecule has 90 valence electrons. The molecule has 2 rings (SSSR count). The Balaban J connectivity index is 2.04. The molecule has 0 fully saturated rings. The van der Waals surface area contributed by atoms with Crippen LogP contribution in [0.2, 0.25) is 0 Å². The van der Waals surface area contributed by atoms with E-state index in [1.165, 1.54) is 16.8 Å². The number of aromatic nitrogens is 2. The third kappa shape index (κ3) is 2.62. The van der Waals surface area contributed by atoms with Crippen molar-refractivity contribution in [2.75, 3.05) is 5.32 Å². The van der Waals surface area contributed by atoms with Crippen molar-refractivity contribution in [3.8, 4) is 0 Å². The molecule has 0 aliphatic rings. The van der Waals surface area contributed by atoms with Crippen LogP contribution in [0.1, 0.15) is 15.4 Å². The summed E-state index contributed by atoms with van der Waals surface area (Å²) in [5.41, 5.74) is 0.102. The maximum absolute atomic E-state index is 12.7. The van der Waals surface area contributed by atoms with Crippen LogP contribution >= 0.6 is 11.3 Å². The van der Waals surface area contributed by atoms with Crippen molar-refractivity contribution < 1.29 is 14.3 Å². The Bertz CT molecular complexity index is 549. The van der Waals surface area contributed by atoms with Gasteiger partial charge in [0, 0.05) is 18.0 Å². The molecular weight excluding hydrogens is 245 g/mol. The third-order valence-corrected chi connectivity index (χ3v) is 3.05. The van der Waals surface area contributed by atoms with Crippen LogP contribution in [-0.2, 0) is 13.6 Å². The summed E-state index contributed by atoms with van der Waals surface area (Å²) in [5.74, 6) is -0.575. The van der Waals surface area contributed by atoms with E-state index in [0.717, 1.165) is 16.2 Å². The fourth-order valence-corrected chi connectivity index (χ4v) is 2.05. The van der Waals surface area contributed by atoms with E-state index >= 15 is 0 Å². The average molecular weight is 255 g/mol. The van der Waals surface area contributed by atoms with Crippen molar-refractivity contribution >= 4 is 23.1 Å². The minimum Gasteiger partial charge on any atom is -0.477 e. The van der Waals surface area contributed by atoms with E-state index in [1.807, 2.05) is 0 Å². The lowest BCUT2D eigenvalue weighted by Gasteiger charge is -1.98. The molecule has 2 aromatic heterocycles. The van der Waals surface area contributed by atoms with Crippen molar-refractivity contribution in [1.29, 1.82) is 0 Å². The van der Waals surface area contributed by atoms with Crippen molar-refractivity contribution in [3.05, 3.63) is 33.9 Å². The van der Waals surface area contributed by atoms with Gasteiger partial charge in [-0.3, -0.25) is 4.68 Å². The summed E-state index contributed by atoms with van der Waals surface area (Å²) in [5, 5.41) is 15.5. The lowest BCUT2D eigenvalue weighted by Crippen LogP contribution is -2.04. The van der Waals surface area contributed by atoms with Gasteiger partial charge in [0.15, 0.2) is 5.13 Å². The Hall–Kier alpha value is -1.89. The summed E-state index contributed by atoms with van der Waals surface area (Å²) < 4.78 is 14.0. The molecule has 5 nitrogen and oxygen atoms in total. The number of nitrogens with zero attached hydrogens (tertiary/aromatic N) is 2. The van der Waals surface area contributed by atoms with E-state index in [0.29, 0.717) is 12.4 Å². The van der Waals surface area contributed by atoms with Crippen LogP contribution in [-0.4, -0.2) is 20.9 Å². The second-order valence-corrected chi connectivity index (χ2v) is 4.52. The zero-order chi connectivity index (χ0) is 12.4. The quantitative estimate of drug-likeness (QED) is 0.876. The molecule has 2 aromatic rings. The van der Waals surface area contributed by atoms with Gasteiger partial charge < -0.3 is 10.4 Å². The number of nitrogens with one attached hydrogen (secondary N) is 1. The van der Waals surface area contributed by atoms with E-state index < -0.39 is 5.97 Å². The molecule has 2 N–H and O–H groups in total. The first kappa shape index (κ1) is 11.6. The first-order chi connectivity index (χ1) is 8.06. The van der Waals surface area contributed by atoms with Gasteiger partial charge >= 0.3 is 5.97 Å². The van der Waals surface area contributed by atoms with Gasteiger partial charge in [0.1, 0.15) is 11.5 Å². The van der Waals surface area contributed by atoms with Crippen molar-refractivity contribution in [2.45, 2.75) is 6.54 Å². The SMILES string of the molecule is Cn1nc(NCc2ccc(F)s2)cc1C(=O)O. The van der Waals surface area contributed by atoms with E-state index in [2.05, 4.69) is 10.4 Å². The summed E-state index contributed by atoms with van der Waals surface area (Å²) in [6, 6.07) is 4.50. The molecule has 7 heteroatoms. The molecule has 0 radical (unpaired) electrons. The van der Waals surface area contributed by atoms with Crippen LogP contribution < -0.4 is 5.32 Å². The molecule has 0 aliphatic carbocycles. The molecule has 0 aliphatic heterocycles. The van der Waals surface area contributed by atoms with Crippen LogP contribution in [0, 0.1) is 5.13 Å². The predicted octanol–water partition coefficient (Wildman–Crippen LogP) is 1.93. The number of hydrogen-bond donors (Lipinski definition) is 2. The third-order valence-electron chi connectivity index (χ3n) is 2.17. The minimum absolute atomic E-state index is 0.102. The Morgan fingerprint density at radius 1 is 1.65 bits per heavy atom. The Labute approximate surface area is 101 Å². The maximum atomic E-state index is 12.7. The minimum atomic E-state index is -1.03. The van der Waals surface area contributed by atoms with E-state index in [1.54, 1.807) is 13.1 Å². The molecule has 0 aromatic carbocycles. The van der Waals surface area contributed by atoms with Gasteiger partial charge in [0.25, 0.3) is 0 Å². The maximum Gasteiger partial charge on any atom is 0.354 e. The number of anilines is 1. The zero-order valence-electron chi connectivity index (χ0n) is 8.98. The largest absolute Gasteiger partial charge is 0.477 e. The van der Waals surface area contributed by atoms with Gasteiger partial charge in [0.2, 0.25) is 0 Å². The second-order valence-electron chi connectivity index (χ2n) is 3.40. The molecule has 2 heterocycles. The highest BCUT2D eigenvalue weighted by molar-refractivity contribution is 7.10. The first-order valence-electron chi connectivity index (χ1n) is 4.81. The second kappa shape index (κ2) is 4.54. The molecule has 17 heavy (non-hydrogen) atoms. The first-order valence-corrected chi connectivity index (χ1v) is 5.63. The number of aromatic carboxylic acids is 1. The van der Waals surface area contributed by atoms with Crippen molar-refractivity contribution in [3.63, 3.8) is 0 Å². The molecule has 0 spiro atoms. The number of carboxylic acid groups (broad SMARTS) is 1. The summed E-state index contributed by atoms with van der Waals surface area (Å²) in [6.07, 6.45) is 0. The van der Waals surface area contributed by atoms with Crippen LogP contribution in [0.15, 0.2) is 18.2 Å². The number of carbonyl (C=O) groups is 1. The van der Waals surface area contributed by atoms with E-state index in [4.69, 9.17) is 5.11 Å². The predicted molar refractivity (Wildman–Crippen MR) is 61.8 cm³/mol. The lowest BCUT2D eigenvalue weighted by atomic mass is 10.4. The molecule has 0 atom stereocenters. The van der Waals surface area contributed by atoms with Crippen LogP contribution in [0.25, 0.3) is 0 Å². The van der Waals surface area contributed by atoms with Gasteiger partial charge in [-0.05, 0) is 12.1 Å². The fourth-order valence-electron chi connectivity index (χ4n) is 1.38. The van der Waals surface area contributed by atoms with Crippen LogP contribution in [0.3, 0.4) is 0 Å². The number of thiophene rings is 1. The number of aryl methyl sites for hydroxylation is 1. The standard InChI is InChI=1S/C10H10FN3O2S/c1-14-7(10(15)16)4-9(13-14)12-5-6-2-3-8(11)17-6/h2-4H,5H2,1H3,(H,12,13)(H,15,16). The van der Waals surface area contributed by atoms with E-state index in [-0.39, 0.29) is 10.8 Å². The average Bonchev–Trinajstić information content (AvgIpc) is 2.82. The van der Waals surface area contributed by atoms with Gasteiger partial charge in [-0.1, -0.05) is 0 Å². The summed E-state index contributed by atoms with van der Waals surface area (Å²) >= 11 is 1.04. The smallest absolute Gasteiger partial charge is 0.354 e. The molecule has 0 saturated carbocycles. The van der Waals surface area contributed by atoms with Gasteiger partial charge in [0.05, 0.1) is 6.54 Å². The summed E-state index contributed by atoms with van der Waals surface area (Å²) in [6.45, 7) is 0.421. The molecule has 0 bridgehead atoms. The fraction of sp³-hybridized carbons (Fsp3) is 0.200. The zero-order valence-corrected chi connectivity index (χ0v) is 9.79. The van der Waals surface area contributed by atoms with Gasteiger partial charge in [-0.25, -0.2) is 4.79 Å². The van der Waals surface area contributed by atoms with Crippen LogP contribution in [0.4, 0.5) is 10.2 Å². The highest BCUT2D eigenvalue weighted by atomic mass is 32.1. The normalized spacial score (nSPS) is 10.5. The molecule has 0 amide bonds. The number of carboxylic acids is 1. The van der Waals surface area contributed by atoms with Gasteiger partial charge in [-0.15, -0.1) is 11.3 Å². The highest BCUT2D eigenvalue weighted by Crippen LogP contribution is 2.16. The van der Waals surface area contributed by atoms with Crippen LogP contribution in [0.5, 0.6) is 0 Å². The topological polar surface area (TPSA) is 67.2 Å². The Kier molecular flexibility index (Phi) is 3.10.